The predicted octanol–water partition coefficient (Wildman–Crippen LogP) is 3.07. The molecule has 0 saturated carbocycles. The van der Waals surface area contributed by atoms with Crippen LogP contribution in [0.3, 0.4) is 0 Å². The van der Waals surface area contributed by atoms with Crippen molar-refractivity contribution in [1.82, 2.24) is 0 Å². The van der Waals surface area contributed by atoms with E-state index in [-0.39, 0.29) is 27.6 Å². The molecule has 4 N–H and O–H groups in total. The Morgan fingerprint density at radius 1 is 1.33 bits per heavy atom. The minimum absolute atomic E-state index is 0.00227. The number of carbonyl (C=O) groups excluding carboxylic acids is 1. The molecule has 2 aromatic rings. The Balaban J connectivity index is 2.36. The van der Waals surface area contributed by atoms with Crippen LogP contribution in [-0.4, -0.2) is 16.0 Å². The van der Waals surface area contributed by atoms with E-state index in [1.165, 1.54) is 36.4 Å². The number of hydrogen-bond donors (Lipinski definition) is 3. The normalized spacial score (nSPS) is 10.2. The molecule has 21 heavy (non-hydrogen) atoms. The molecule has 0 unspecified atom stereocenters. The quantitative estimate of drug-likeness (QED) is 0.758. The van der Waals surface area contributed by atoms with Crippen molar-refractivity contribution >= 4 is 40.4 Å². The minimum atomic E-state index is -0.638. The first-order chi connectivity index (χ1) is 9.90. The molecule has 1 amide bonds. The van der Waals surface area contributed by atoms with E-state index in [4.69, 9.17) is 29.6 Å². The summed E-state index contributed by atoms with van der Waals surface area (Å²) in [7, 11) is 0. The van der Waals surface area contributed by atoms with Crippen molar-refractivity contribution in [1.29, 1.82) is 0 Å². The molecule has 0 heterocycles. The highest BCUT2D eigenvalue weighted by molar-refractivity contribution is 7.80. The summed E-state index contributed by atoms with van der Waals surface area (Å²) >= 11 is 10.5. The number of halogens is 2. The van der Waals surface area contributed by atoms with Crippen LogP contribution in [0.1, 0.15) is 15.9 Å². The maximum atomic E-state index is 13.7. The highest BCUT2D eigenvalue weighted by Gasteiger charge is 2.16. The third-order valence-corrected chi connectivity index (χ3v) is 3.15. The number of nitrogens with two attached hydrogens (primary N) is 1. The van der Waals surface area contributed by atoms with Crippen molar-refractivity contribution in [3.05, 3.63) is 58.4 Å². The molecule has 0 aromatic heterocycles. The van der Waals surface area contributed by atoms with Crippen LogP contribution in [0, 0.1) is 5.82 Å². The fourth-order valence-corrected chi connectivity index (χ4v) is 2.14. The smallest absolute Gasteiger partial charge is 0.259 e. The molecule has 0 bridgehead atoms. The molecule has 2 rings (SSSR count). The molecule has 4 nitrogen and oxygen atoms in total. The van der Waals surface area contributed by atoms with Gasteiger partial charge in [-0.2, -0.15) is 0 Å². The molecule has 0 aliphatic heterocycles. The molecule has 0 fully saturated rings. The van der Waals surface area contributed by atoms with Crippen LogP contribution in [0.25, 0.3) is 0 Å². The van der Waals surface area contributed by atoms with Crippen molar-refractivity contribution in [2.45, 2.75) is 0 Å². The second-order valence-corrected chi connectivity index (χ2v) is 5.02. The molecular formula is C14H10ClFN2O2S. The summed E-state index contributed by atoms with van der Waals surface area (Å²) in [5, 5.41) is 12.5. The van der Waals surface area contributed by atoms with Crippen molar-refractivity contribution < 1.29 is 14.3 Å². The van der Waals surface area contributed by atoms with E-state index in [9.17, 15) is 14.3 Å². The average molecular weight is 325 g/mol. The Labute approximate surface area is 130 Å². The topological polar surface area (TPSA) is 75.3 Å². The van der Waals surface area contributed by atoms with E-state index < -0.39 is 11.7 Å². The molecule has 108 valence electrons. The van der Waals surface area contributed by atoms with Gasteiger partial charge in [0.25, 0.3) is 5.91 Å². The molecule has 0 radical (unpaired) electrons. The Bertz CT molecular complexity index is 737. The lowest BCUT2D eigenvalue weighted by Gasteiger charge is -2.11. The third kappa shape index (κ3) is 3.29. The average Bonchev–Trinajstić information content (AvgIpc) is 2.37. The summed E-state index contributed by atoms with van der Waals surface area (Å²) in [5.74, 6) is -1.55. The van der Waals surface area contributed by atoms with Crippen molar-refractivity contribution in [2.75, 3.05) is 5.32 Å². The second kappa shape index (κ2) is 6.07. The zero-order valence-corrected chi connectivity index (χ0v) is 12.1. The zero-order valence-electron chi connectivity index (χ0n) is 10.6. The molecule has 0 spiro atoms. The lowest BCUT2D eigenvalue weighted by Crippen LogP contribution is -2.19. The Morgan fingerprint density at radius 3 is 2.67 bits per heavy atom. The fourth-order valence-electron chi connectivity index (χ4n) is 1.77. The van der Waals surface area contributed by atoms with Gasteiger partial charge in [0.2, 0.25) is 0 Å². The standard InChI is InChI=1S/C14H10ClFN2O2S/c15-7-4-5-8(11(19)6-7)14(20)18-10-3-1-2-9(16)12(10)13(17)21/h1-6,19H,(H2,17,21)(H,18,20). The van der Waals surface area contributed by atoms with Gasteiger partial charge >= 0.3 is 0 Å². The van der Waals surface area contributed by atoms with Gasteiger partial charge in [0, 0.05) is 5.02 Å². The summed E-state index contributed by atoms with van der Waals surface area (Å²) in [5.41, 5.74) is 5.52. The number of carbonyl (C=O) groups is 1. The molecule has 0 atom stereocenters. The summed E-state index contributed by atoms with van der Waals surface area (Å²) in [6.45, 7) is 0. The van der Waals surface area contributed by atoms with Crippen LogP contribution in [0.15, 0.2) is 36.4 Å². The number of thiocarbonyl (C=S) groups is 1. The number of rotatable bonds is 3. The third-order valence-electron chi connectivity index (χ3n) is 2.71. The largest absolute Gasteiger partial charge is 0.507 e. The van der Waals surface area contributed by atoms with Crippen LogP contribution >= 0.6 is 23.8 Å². The van der Waals surface area contributed by atoms with Crippen LogP contribution in [0.2, 0.25) is 5.02 Å². The number of nitrogens with one attached hydrogen (secondary N) is 1. The molecule has 7 heteroatoms. The number of hydrogen-bond acceptors (Lipinski definition) is 3. The van der Waals surface area contributed by atoms with Crippen LogP contribution in [0.5, 0.6) is 5.75 Å². The van der Waals surface area contributed by atoms with Gasteiger partial charge in [-0.3, -0.25) is 4.79 Å². The number of phenolic OH excluding ortho intramolecular Hbond substituents is 1. The van der Waals surface area contributed by atoms with Gasteiger partial charge < -0.3 is 16.2 Å². The lowest BCUT2D eigenvalue weighted by molar-refractivity contribution is 0.102. The van der Waals surface area contributed by atoms with E-state index in [1.807, 2.05) is 0 Å². The first kappa shape index (κ1) is 15.2. The van der Waals surface area contributed by atoms with Gasteiger partial charge in [0.1, 0.15) is 16.6 Å². The summed E-state index contributed by atoms with van der Waals surface area (Å²) in [6.07, 6.45) is 0. The van der Waals surface area contributed by atoms with Gasteiger partial charge in [0.15, 0.2) is 0 Å². The Morgan fingerprint density at radius 2 is 2.05 bits per heavy atom. The van der Waals surface area contributed by atoms with Crippen LogP contribution in [0.4, 0.5) is 10.1 Å². The van der Waals surface area contributed by atoms with Crippen LogP contribution in [-0.2, 0) is 0 Å². The van der Waals surface area contributed by atoms with Crippen molar-refractivity contribution in [3.8, 4) is 5.75 Å². The monoisotopic (exact) mass is 324 g/mol. The molecule has 0 aliphatic carbocycles. The van der Waals surface area contributed by atoms with E-state index in [2.05, 4.69) is 5.32 Å². The van der Waals surface area contributed by atoms with Gasteiger partial charge in [-0.1, -0.05) is 29.9 Å². The van der Waals surface area contributed by atoms with Crippen molar-refractivity contribution in [3.63, 3.8) is 0 Å². The number of aromatic hydroxyl groups is 1. The number of amides is 1. The first-order valence-electron chi connectivity index (χ1n) is 5.78. The minimum Gasteiger partial charge on any atom is -0.507 e. The number of anilines is 1. The summed E-state index contributed by atoms with van der Waals surface area (Å²) in [6, 6.07) is 8.10. The van der Waals surface area contributed by atoms with E-state index in [0.29, 0.717) is 5.02 Å². The van der Waals surface area contributed by atoms with E-state index in [0.717, 1.165) is 0 Å². The fraction of sp³-hybridized carbons (Fsp3) is 0. The van der Waals surface area contributed by atoms with Crippen molar-refractivity contribution in [2.24, 2.45) is 5.73 Å². The van der Waals surface area contributed by atoms with E-state index in [1.54, 1.807) is 0 Å². The lowest BCUT2D eigenvalue weighted by atomic mass is 10.1. The number of benzene rings is 2. The highest BCUT2D eigenvalue weighted by Crippen LogP contribution is 2.24. The highest BCUT2D eigenvalue weighted by atomic mass is 35.5. The Kier molecular flexibility index (Phi) is 4.40. The second-order valence-electron chi connectivity index (χ2n) is 4.14. The predicted molar refractivity (Wildman–Crippen MR) is 83.4 cm³/mol. The summed E-state index contributed by atoms with van der Waals surface area (Å²) in [4.78, 5) is 11.9. The van der Waals surface area contributed by atoms with E-state index >= 15 is 0 Å². The van der Waals surface area contributed by atoms with Crippen LogP contribution < -0.4 is 11.1 Å². The SMILES string of the molecule is NC(=S)c1c(F)cccc1NC(=O)c1ccc(Cl)cc1O. The zero-order chi connectivity index (χ0) is 15.6. The molecular weight excluding hydrogens is 315 g/mol. The van der Waals surface area contributed by atoms with Gasteiger partial charge in [0.05, 0.1) is 16.8 Å². The molecule has 0 saturated heterocycles. The first-order valence-corrected chi connectivity index (χ1v) is 6.57. The summed E-state index contributed by atoms with van der Waals surface area (Å²) < 4.78 is 13.7. The molecule has 2 aromatic carbocycles. The Hall–Kier alpha value is -2.18. The van der Waals surface area contributed by atoms with Gasteiger partial charge in [-0.15, -0.1) is 0 Å². The maximum absolute atomic E-state index is 13.7. The maximum Gasteiger partial charge on any atom is 0.259 e. The van der Waals surface area contributed by atoms with Gasteiger partial charge in [-0.25, -0.2) is 4.39 Å². The molecule has 0 aliphatic rings. The van der Waals surface area contributed by atoms with Gasteiger partial charge in [-0.05, 0) is 30.3 Å². The number of phenols is 1.